The molecular weight excluding hydrogens is 703 g/mol. The zero-order valence-electron chi connectivity index (χ0n) is 31.7. The Balaban J connectivity index is 1.09. The van der Waals surface area contributed by atoms with E-state index in [1.165, 1.54) is 43.8 Å². The Morgan fingerprint density at radius 3 is 1.53 bits per heavy atom. The van der Waals surface area contributed by atoms with E-state index in [4.69, 9.17) is 4.42 Å². The summed E-state index contributed by atoms with van der Waals surface area (Å²) in [5, 5.41) is 7.12. The summed E-state index contributed by atoms with van der Waals surface area (Å²) in [6.45, 7) is 0. The molecule has 272 valence electrons. The highest BCUT2D eigenvalue weighted by atomic mass is 16.3. The summed E-state index contributed by atoms with van der Waals surface area (Å²) in [5.41, 5.74) is 14.3. The Bertz CT molecular complexity index is 3200. The number of benzene rings is 10. The molecule has 0 aliphatic heterocycles. The second kappa shape index (κ2) is 14.1. The molecule has 0 N–H and O–H groups in total. The van der Waals surface area contributed by atoms with Gasteiger partial charge in [0.1, 0.15) is 11.2 Å². The van der Waals surface area contributed by atoms with Crippen molar-refractivity contribution in [2.45, 2.75) is 0 Å². The molecule has 58 heavy (non-hydrogen) atoms. The Kier molecular flexibility index (Phi) is 8.19. The van der Waals surface area contributed by atoms with Crippen LogP contribution in [0.25, 0.3) is 88.0 Å². The van der Waals surface area contributed by atoms with Gasteiger partial charge in [-0.1, -0.05) is 176 Å². The normalized spacial score (nSPS) is 11.4. The predicted octanol–water partition coefficient (Wildman–Crippen LogP) is 16.0. The summed E-state index contributed by atoms with van der Waals surface area (Å²) in [6, 6.07) is 80.7. The summed E-state index contributed by atoms with van der Waals surface area (Å²) < 4.78 is 6.52. The van der Waals surface area contributed by atoms with E-state index in [0.717, 1.165) is 61.3 Å². The number of hydrogen-bond donors (Lipinski definition) is 0. The van der Waals surface area contributed by atoms with Crippen LogP contribution in [0.5, 0.6) is 0 Å². The highest BCUT2D eigenvalue weighted by molar-refractivity contribution is 6.15. The van der Waals surface area contributed by atoms with Gasteiger partial charge in [0.2, 0.25) is 0 Å². The predicted molar refractivity (Wildman–Crippen MR) is 245 cm³/mol. The van der Waals surface area contributed by atoms with Gasteiger partial charge in [0, 0.05) is 33.1 Å². The highest BCUT2D eigenvalue weighted by Gasteiger charge is 2.20. The van der Waals surface area contributed by atoms with Gasteiger partial charge < -0.3 is 9.32 Å². The summed E-state index contributed by atoms with van der Waals surface area (Å²) in [4.78, 5) is 2.44. The summed E-state index contributed by atoms with van der Waals surface area (Å²) in [5.74, 6) is 0. The van der Waals surface area contributed by atoms with Gasteiger partial charge in [0.05, 0.1) is 5.69 Å². The van der Waals surface area contributed by atoms with Gasteiger partial charge in [-0.3, -0.25) is 0 Å². The molecular formula is C56H37NO. The zero-order chi connectivity index (χ0) is 38.4. The van der Waals surface area contributed by atoms with Gasteiger partial charge >= 0.3 is 0 Å². The molecule has 0 unspecified atom stereocenters. The summed E-state index contributed by atoms with van der Waals surface area (Å²) in [6.07, 6.45) is 0. The molecule has 0 bridgehead atoms. The molecule has 11 aromatic rings. The van der Waals surface area contributed by atoms with Crippen LogP contribution in [0.2, 0.25) is 0 Å². The molecule has 0 aliphatic rings. The van der Waals surface area contributed by atoms with Gasteiger partial charge in [0.25, 0.3) is 0 Å². The second-order valence-corrected chi connectivity index (χ2v) is 14.9. The number of rotatable bonds is 7. The minimum Gasteiger partial charge on any atom is -0.455 e. The zero-order valence-corrected chi connectivity index (χ0v) is 31.7. The van der Waals surface area contributed by atoms with Crippen molar-refractivity contribution in [1.29, 1.82) is 0 Å². The maximum atomic E-state index is 6.52. The number of nitrogens with zero attached hydrogens (tertiary/aromatic N) is 1. The molecule has 0 spiro atoms. The lowest BCUT2D eigenvalue weighted by molar-refractivity contribution is 0.670. The molecule has 0 amide bonds. The number of hydrogen-bond acceptors (Lipinski definition) is 2. The lowest BCUT2D eigenvalue weighted by Crippen LogP contribution is -2.11. The van der Waals surface area contributed by atoms with Crippen LogP contribution in [0.15, 0.2) is 229 Å². The smallest absolute Gasteiger partial charge is 0.143 e. The minimum atomic E-state index is 0.889. The molecule has 0 aliphatic carbocycles. The van der Waals surface area contributed by atoms with E-state index in [1.54, 1.807) is 0 Å². The van der Waals surface area contributed by atoms with Gasteiger partial charge in [-0.15, -0.1) is 0 Å². The van der Waals surface area contributed by atoms with Crippen LogP contribution in [-0.2, 0) is 0 Å². The Morgan fingerprint density at radius 2 is 0.845 bits per heavy atom. The van der Waals surface area contributed by atoms with Crippen molar-refractivity contribution in [1.82, 2.24) is 0 Å². The Hall–Kier alpha value is -7.68. The minimum absolute atomic E-state index is 0.889. The van der Waals surface area contributed by atoms with Crippen LogP contribution in [0.4, 0.5) is 17.1 Å². The lowest BCUT2D eigenvalue weighted by Gasteiger charge is -2.29. The van der Waals surface area contributed by atoms with Crippen molar-refractivity contribution < 1.29 is 4.42 Å². The van der Waals surface area contributed by atoms with Crippen LogP contribution in [-0.4, -0.2) is 0 Å². The first kappa shape index (κ1) is 33.6. The number of para-hydroxylation sites is 1. The average Bonchev–Trinajstić information content (AvgIpc) is 3.68. The van der Waals surface area contributed by atoms with Crippen LogP contribution in [0.3, 0.4) is 0 Å². The third kappa shape index (κ3) is 5.91. The average molecular weight is 740 g/mol. The molecule has 0 saturated carbocycles. The van der Waals surface area contributed by atoms with E-state index in [-0.39, 0.29) is 0 Å². The molecule has 0 radical (unpaired) electrons. The highest BCUT2D eigenvalue weighted by Crippen LogP contribution is 2.45. The van der Waals surface area contributed by atoms with E-state index < -0.39 is 0 Å². The van der Waals surface area contributed by atoms with Crippen LogP contribution in [0.1, 0.15) is 0 Å². The molecule has 0 atom stereocenters. The van der Waals surface area contributed by atoms with Crippen molar-refractivity contribution >= 4 is 60.5 Å². The Labute approximate surface area is 337 Å². The fourth-order valence-corrected chi connectivity index (χ4v) is 8.61. The fraction of sp³-hybridized carbons (Fsp3) is 0. The van der Waals surface area contributed by atoms with Crippen molar-refractivity contribution in [3.8, 4) is 44.5 Å². The third-order valence-corrected chi connectivity index (χ3v) is 11.4. The number of furan rings is 1. The first-order chi connectivity index (χ1) is 28.7. The largest absolute Gasteiger partial charge is 0.455 e. The Morgan fingerprint density at radius 1 is 0.293 bits per heavy atom. The van der Waals surface area contributed by atoms with Gasteiger partial charge in [-0.05, 0) is 104 Å². The quantitative estimate of drug-likeness (QED) is 0.151. The van der Waals surface area contributed by atoms with E-state index in [0.29, 0.717) is 0 Å². The first-order valence-corrected chi connectivity index (χ1v) is 19.8. The molecule has 10 aromatic carbocycles. The van der Waals surface area contributed by atoms with Crippen molar-refractivity contribution in [2.75, 3.05) is 4.90 Å². The van der Waals surface area contributed by atoms with Gasteiger partial charge in [-0.2, -0.15) is 0 Å². The van der Waals surface area contributed by atoms with Crippen molar-refractivity contribution in [3.05, 3.63) is 224 Å². The van der Waals surface area contributed by atoms with Crippen LogP contribution < -0.4 is 4.90 Å². The molecule has 1 heterocycles. The second-order valence-electron chi connectivity index (χ2n) is 14.9. The maximum absolute atomic E-state index is 6.52. The fourth-order valence-electron chi connectivity index (χ4n) is 8.61. The third-order valence-electron chi connectivity index (χ3n) is 11.4. The lowest BCUT2D eigenvalue weighted by atomic mass is 9.95. The SMILES string of the molecule is c1ccc(-c2cc(-c3ccccc3)cc(N(c3ccc(-c4ccc5oc6c(-c7ccccc7)cccc6c5c4)cc3)c3cc4ccccc4c4ccccc34)c2)cc1. The van der Waals surface area contributed by atoms with Crippen molar-refractivity contribution in [2.24, 2.45) is 0 Å². The van der Waals surface area contributed by atoms with Gasteiger partial charge in [0.15, 0.2) is 0 Å². The van der Waals surface area contributed by atoms with Gasteiger partial charge in [-0.25, -0.2) is 0 Å². The monoisotopic (exact) mass is 739 g/mol. The van der Waals surface area contributed by atoms with E-state index in [2.05, 4.69) is 223 Å². The molecule has 0 fully saturated rings. The number of anilines is 3. The summed E-state index contributed by atoms with van der Waals surface area (Å²) in [7, 11) is 0. The van der Waals surface area contributed by atoms with Crippen LogP contribution in [0, 0.1) is 0 Å². The molecule has 1 aromatic heterocycles. The topological polar surface area (TPSA) is 16.4 Å². The summed E-state index contributed by atoms with van der Waals surface area (Å²) >= 11 is 0. The molecule has 2 heteroatoms. The molecule has 11 rings (SSSR count). The number of fused-ring (bicyclic) bond motifs is 6. The first-order valence-electron chi connectivity index (χ1n) is 19.8. The molecule has 2 nitrogen and oxygen atoms in total. The van der Waals surface area contributed by atoms with E-state index in [9.17, 15) is 0 Å². The van der Waals surface area contributed by atoms with E-state index >= 15 is 0 Å². The van der Waals surface area contributed by atoms with Crippen LogP contribution >= 0.6 is 0 Å². The van der Waals surface area contributed by atoms with E-state index in [1.807, 2.05) is 6.07 Å². The maximum Gasteiger partial charge on any atom is 0.143 e. The van der Waals surface area contributed by atoms with Crippen molar-refractivity contribution in [3.63, 3.8) is 0 Å². The standard InChI is InChI=1S/C56H37NO/c1-4-15-38(16-5-1)44-33-45(39-17-6-2-7-18-39)35-47(34-44)57(54-37-43-21-10-11-22-48(43)50-23-12-13-24-51(50)54)46-30-27-40(28-31-46)42-29-32-55-53(36-42)52-26-14-25-49(56(52)58-55)41-19-8-3-9-20-41/h1-37H. The molecule has 0 saturated heterocycles.